The summed E-state index contributed by atoms with van der Waals surface area (Å²) in [7, 11) is 1.94. The van der Waals surface area contributed by atoms with E-state index in [1.54, 1.807) is 12.1 Å². The Hall–Kier alpha value is -4.01. The van der Waals surface area contributed by atoms with Crippen LogP contribution < -0.4 is 15.0 Å². The SMILES string of the molecule is CCc1nc2ccn(C)cc-2c1C(=O)NCc1ccc(C2CC3(C2)CN(c2ccc(OC(F)(F)F)cc2)C3)cc1. The number of alkyl halides is 3. The van der Waals surface area contributed by atoms with Crippen LogP contribution in [-0.4, -0.2) is 34.9 Å². The quantitative estimate of drug-likeness (QED) is 0.295. The molecule has 0 unspecified atom stereocenters. The lowest BCUT2D eigenvalue weighted by Crippen LogP contribution is -2.61. The fraction of sp³-hybridized carbons (Fsp3) is 0.355. The van der Waals surface area contributed by atoms with Crippen molar-refractivity contribution in [1.82, 2.24) is 14.9 Å². The molecule has 0 aromatic heterocycles. The molecule has 1 saturated carbocycles. The van der Waals surface area contributed by atoms with Gasteiger partial charge in [0.1, 0.15) is 5.75 Å². The number of anilines is 1. The molecule has 4 aliphatic rings. The number of aromatic nitrogens is 2. The number of fused-ring (bicyclic) bond motifs is 1. The highest BCUT2D eigenvalue weighted by Crippen LogP contribution is 2.56. The van der Waals surface area contributed by atoms with Gasteiger partial charge in [-0.3, -0.25) is 9.78 Å². The van der Waals surface area contributed by atoms with Crippen molar-refractivity contribution in [2.45, 2.75) is 45.0 Å². The molecule has 2 aromatic carbocycles. The molecule has 2 aromatic rings. The normalized spacial score (nSPS) is 16.6. The minimum absolute atomic E-state index is 0.104. The number of carbonyl (C=O) groups excluding carboxylic acids is 1. The summed E-state index contributed by atoms with van der Waals surface area (Å²) >= 11 is 0. The van der Waals surface area contributed by atoms with Crippen molar-refractivity contribution >= 4 is 11.6 Å². The maximum absolute atomic E-state index is 13.1. The first kappa shape index (κ1) is 26.2. The van der Waals surface area contributed by atoms with Crippen LogP contribution in [0.25, 0.3) is 11.3 Å². The first-order chi connectivity index (χ1) is 19.1. The van der Waals surface area contributed by atoms with E-state index >= 15 is 0 Å². The largest absolute Gasteiger partial charge is 0.573 e. The van der Waals surface area contributed by atoms with E-state index in [0.717, 1.165) is 54.1 Å². The number of hydrogen-bond donors (Lipinski definition) is 1. The summed E-state index contributed by atoms with van der Waals surface area (Å²) in [6, 6.07) is 16.5. The second-order valence-corrected chi connectivity index (χ2v) is 11.1. The molecule has 9 heteroatoms. The maximum atomic E-state index is 13.1. The third kappa shape index (κ3) is 5.12. The minimum Gasteiger partial charge on any atom is -0.406 e. The number of nitrogens with one attached hydrogen (secondary N) is 1. The molecule has 2 fully saturated rings. The van der Waals surface area contributed by atoms with E-state index in [9.17, 15) is 18.0 Å². The monoisotopic (exact) mass is 548 g/mol. The summed E-state index contributed by atoms with van der Waals surface area (Å²) < 4.78 is 43.1. The molecule has 3 heterocycles. The van der Waals surface area contributed by atoms with Crippen molar-refractivity contribution < 1.29 is 22.7 Å². The van der Waals surface area contributed by atoms with Gasteiger partial charge in [0.25, 0.3) is 5.91 Å². The summed E-state index contributed by atoms with van der Waals surface area (Å²) in [5.74, 6) is 0.199. The van der Waals surface area contributed by atoms with Gasteiger partial charge in [-0.1, -0.05) is 31.2 Å². The van der Waals surface area contributed by atoms with Crippen LogP contribution in [0.1, 0.15) is 52.9 Å². The first-order valence-corrected chi connectivity index (χ1v) is 13.5. The molecule has 1 spiro atoms. The third-order valence-corrected chi connectivity index (χ3v) is 8.20. The van der Waals surface area contributed by atoms with E-state index < -0.39 is 6.36 Å². The molecular weight excluding hydrogens is 517 g/mol. The molecule has 0 bridgehead atoms. The number of hydrogen-bond acceptors (Lipinski definition) is 4. The van der Waals surface area contributed by atoms with Gasteiger partial charge in [0.2, 0.25) is 0 Å². The Labute approximate surface area is 231 Å². The summed E-state index contributed by atoms with van der Waals surface area (Å²) in [5.41, 5.74) is 6.73. The maximum Gasteiger partial charge on any atom is 0.573 e. The molecule has 1 N–H and O–H groups in total. The number of nitrogens with zero attached hydrogens (tertiary/aromatic N) is 3. The van der Waals surface area contributed by atoms with E-state index in [0.29, 0.717) is 24.4 Å². The van der Waals surface area contributed by atoms with Crippen LogP contribution in [0.2, 0.25) is 0 Å². The van der Waals surface area contributed by atoms with Crippen molar-refractivity contribution in [3.63, 3.8) is 0 Å². The predicted octanol–water partition coefficient (Wildman–Crippen LogP) is 6.30. The molecule has 1 saturated heterocycles. The lowest BCUT2D eigenvalue weighted by atomic mass is 9.56. The Bertz CT molecular complexity index is 1480. The van der Waals surface area contributed by atoms with Gasteiger partial charge in [-0.15, -0.1) is 13.2 Å². The molecule has 6 nitrogen and oxygen atoms in total. The van der Waals surface area contributed by atoms with Gasteiger partial charge in [0.05, 0.1) is 17.0 Å². The van der Waals surface area contributed by atoms with E-state index in [2.05, 4.69) is 44.2 Å². The van der Waals surface area contributed by atoms with Gasteiger partial charge in [-0.2, -0.15) is 0 Å². The average molecular weight is 549 g/mol. The fourth-order valence-electron chi connectivity index (χ4n) is 6.21. The van der Waals surface area contributed by atoms with E-state index in [-0.39, 0.29) is 17.1 Å². The molecule has 1 aliphatic carbocycles. The Morgan fingerprint density at radius 1 is 1.07 bits per heavy atom. The zero-order chi connectivity index (χ0) is 28.1. The zero-order valence-electron chi connectivity index (χ0n) is 22.5. The molecule has 0 radical (unpaired) electrons. The van der Waals surface area contributed by atoms with Gasteiger partial charge in [0.15, 0.2) is 0 Å². The first-order valence-electron chi connectivity index (χ1n) is 13.5. The Morgan fingerprint density at radius 3 is 2.42 bits per heavy atom. The van der Waals surface area contributed by atoms with Crippen molar-refractivity contribution in [3.05, 3.63) is 89.4 Å². The number of aryl methyl sites for hydroxylation is 2. The highest BCUT2D eigenvalue weighted by atomic mass is 19.4. The standard InChI is InChI=1S/C31H31F3N4O2/c1-3-26-28(25-17-37(2)13-12-27(25)36-26)29(39)35-16-20-4-6-21(7-5-20)22-14-30(15-22)18-38(19-30)23-8-10-24(11-9-23)40-31(32,33)34/h4-13,17,22H,3,14-16,18-19H2,1-2H3,(H,35,39). The van der Waals surface area contributed by atoms with Crippen LogP contribution in [0.3, 0.4) is 0 Å². The third-order valence-electron chi connectivity index (χ3n) is 8.20. The van der Waals surface area contributed by atoms with Crippen LogP contribution in [0.15, 0.2) is 67.0 Å². The van der Waals surface area contributed by atoms with Crippen molar-refractivity contribution in [1.29, 1.82) is 0 Å². The van der Waals surface area contributed by atoms with Crippen LogP contribution in [0.4, 0.5) is 18.9 Å². The number of rotatable bonds is 7. The highest BCUT2D eigenvalue weighted by molar-refractivity contribution is 6.02. The Balaban J connectivity index is 1.00. The average Bonchev–Trinajstić information content (AvgIpc) is 3.24. The van der Waals surface area contributed by atoms with Gasteiger partial charge in [-0.25, -0.2) is 0 Å². The van der Waals surface area contributed by atoms with Gasteiger partial charge in [-0.05, 0) is 66.6 Å². The number of carbonyl (C=O) groups is 1. The van der Waals surface area contributed by atoms with E-state index in [4.69, 9.17) is 0 Å². The molecule has 40 heavy (non-hydrogen) atoms. The minimum atomic E-state index is -4.68. The molecule has 1 amide bonds. The smallest absolute Gasteiger partial charge is 0.406 e. The fourth-order valence-corrected chi connectivity index (χ4v) is 6.21. The van der Waals surface area contributed by atoms with Gasteiger partial charge >= 0.3 is 6.36 Å². The van der Waals surface area contributed by atoms with Crippen molar-refractivity contribution in [3.8, 4) is 17.0 Å². The summed E-state index contributed by atoms with van der Waals surface area (Å²) in [6.07, 6.45) is 2.10. The van der Waals surface area contributed by atoms with Crippen LogP contribution >= 0.6 is 0 Å². The number of pyridine rings is 1. The van der Waals surface area contributed by atoms with Crippen molar-refractivity contribution in [2.24, 2.45) is 12.5 Å². The topological polar surface area (TPSA) is 59.4 Å². The lowest BCUT2D eigenvalue weighted by Gasteiger charge is -2.60. The van der Waals surface area contributed by atoms with Gasteiger partial charge < -0.3 is 19.5 Å². The summed E-state index contributed by atoms with van der Waals surface area (Å²) in [5, 5.41) is 3.07. The summed E-state index contributed by atoms with van der Waals surface area (Å²) in [4.78, 5) is 19.9. The van der Waals surface area contributed by atoms with Gasteiger partial charge in [0, 0.05) is 55.7 Å². The molecule has 0 atom stereocenters. The van der Waals surface area contributed by atoms with Crippen LogP contribution in [0.5, 0.6) is 5.75 Å². The summed E-state index contributed by atoms with van der Waals surface area (Å²) in [6.45, 7) is 4.29. The van der Waals surface area contributed by atoms with E-state index in [1.165, 1.54) is 17.7 Å². The molecular formula is C31H31F3N4O2. The Morgan fingerprint density at radius 2 is 1.77 bits per heavy atom. The predicted molar refractivity (Wildman–Crippen MR) is 147 cm³/mol. The number of amides is 1. The molecule has 3 aliphatic heterocycles. The second-order valence-electron chi connectivity index (χ2n) is 11.1. The highest BCUT2D eigenvalue weighted by Gasteiger charge is 2.52. The molecule has 208 valence electrons. The zero-order valence-corrected chi connectivity index (χ0v) is 22.5. The number of halogens is 3. The van der Waals surface area contributed by atoms with Crippen molar-refractivity contribution in [2.75, 3.05) is 18.0 Å². The second kappa shape index (κ2) is 9.87. The lowest BCUT2D eigenvalue weighted by molar-refractivity contribution is -0.274. The molecule has 6 rings (SSSR count). The number of ether oxygens (including phenoxy) is 1. The Kier molecular flexibility index (Phi) is 6.47. The van der Waals surface area contributed by atoms with E-state index in [1.807, 2.05) is 37.0 Å². The van der Waals surface area contributed by atoms with Crippen LogP contribution in [-0.2, 0) is 20.0 Å². The number of benzene rings is 2. The van der Waals surface area contributed by atoms with Crippen LogP contribution in [0, 0.1) is 5.41 Å².